The van der Waals surface area contributed by atoms with Crippen molar-refractivity contribution in [2.24, 2.45) is 0 Å². The number of amides is 1. The summed E-state index contributed by atoms with van der Waals surface area (Å²) < 4.78 is 0. The predicted molar refractivity (Wildman–Crippen MR) is 125 cm³/mol. The number of nitrogens with one attached hydrogen (secondary N) is 1. The molecule has 4 nitrogen and oxygen atoms in total. The summed E-state index contributed by atoms with van der Waals surface area (Å²) in [6.07, 6.45) is 8.17. The molecule has 2 unspecified atom stereocenters. The number of benzene rings is 2. The van der Waals surface area contributed by atoms with Crippen molar-refractivity contribution in [2.75, 3.05) is 26.2 Å². The number of hydrogen-bond acceptors (Lipinski definition) is 3. The SMILES string of the molecule is O=C(c1ccc2c(c1)CCC(NCc1ccccc1)C2)N1CCCC1CN1CCCC1. The van der Waals surface area contributed by atoms with Gasteiger partial charge in [-0.2, -0.15) is 0 Å². The summed E-state index contributed by atoms with van der Waals surface area (Å²) in [6, 6.07) is 18.0. The monoisotopic (exact) mass is 417 g/mol. The second-order valence-electron chi connectivity index (χ2n) is 9.59. The van der Waals surface area contributed by atoms with E-state index in [1.807, 2.05) is 0 Å². The minimum absolute atomic E-state index is 0.244. The van der Waals surface area contributed by atoms with Crippen molar-refractivity contribution < 1.29 is 4.79 Å². The van der Waals surface area contributed by atoms with Crippen LogP contribution in [-0.4, -0.2) is 54.0 Å². The van der Waals surface area contributed by atoms with Crippen LogP contribution in [-0.2, 0) is 19.4 Å². The van der Waals surface area contributed by atoms with Crippen LogP contribution in [0, 0.1) is 0 Å². The van der Waals surface area contributed by atoms with E-state index in [0.29, 0.717) is 12.1 Å². The van der Waals surface area contributed by atoms with Gasteiger partial charge < -0.3 is 15.1 Å². The number of hydrogen-bond donors (Lipinski definition) is 1. The average molecular weight is 418 g/mol. The molecule has 2 aromatic carbocycles. The Morgan fingerprint density at radius 1 is 0.935 bits per heavy atom. The fraction of sp³-hybridized carbons (Fsp3) is 0.519. The molecule has 164 valence electrons. The molecule has 31 heavy (non-hydrogen) atoms. The lowest BCUT2D eigenvalue weighted by atomic mass is 9.87. The Bertz CT molecular complexity index is 891. The van der Waals surface area contributed by atoms with Gasteiger partial charge in [0.2, 0.25) is 0 Å². The van der Waals surface area contributed by atoms with E-state index >= 15 is 0 Å². The maximum atomic E-state index is 13.3. The molecule has 1 amide bonds. The molecule has 0 saturated carbocycles. The summed E-state index contributed by atoms with van der Waals surface area (Å²) >= 11 is 0. The molecular weight excluding hydrogens is 382 g/mol. The van der Waals surface area contributed by atoms with Crippen LogP contribution >= 0.6 is 0 Å². The number of nitrogens with zero attached hydrogens (tertiary/aromatic N) is 2. The van der Waals surface area contributed by atoms with Crippen molar-refractivity contribution in [1.82, 2.24) is 15.1 Å². The average Bonchev–Trinajstić information content (AvgIpc) is 3.50. The van der Waals surface area contributed by atoms with Gasteiger partial charge in [-0.3, -0.25) is 4.79 Å². The van der Waals surface area contributed by atoms with Gasteiger partial charge in [-0.1, -0.05) is 36.4 Å². The highest BCUT2D eigenvalue weighted by Gasteiger charge is 2.32. The fourth-order valence-electron chi connectivity index (χ4n) is 5.64. The normalized spacial score (nSPS) is 23.8. The van der Waals surface area contributed by atoms with Gasteiger partial charge in [0.25, 0.3) is 5.91 Å². The Labute approximate surface area is 186 Å². The summed E-state index contributed by atoms with van der Waals surface area (Å²) in [7, 11) is 0. The van der Waals surface area contributed by atoms with Gasteiger partial charge in [0.05, 0.1) is 0 Å². The standard InChI is InChI=1S/C27H35N3O/c31-27(30-16-6-9-26(30)20-29-14-4-5-15-29)24-11-10-23-18-25(13-12-22(23)17-24)28-19-21-7-2-1-3-8-21/h1-3,7-8,10-11,17,25-26,28H,4-6,9,12-16,18-20H2. The van der Waals surface area contributed by atoms with Crippen LogP contribution in [0.2, 0.25) is 0 Å². The van der Waals surface area contributed by atoms with Gasteiger partial charge in [-0.05, 0) is 86.9 Å². The van der Waals surface area contributed by atoms with Crippen LogP contribution in [0.25, 0.3) is 0 Å². The molecule has 4 heteroatoms. The second kappa shape index (κ2) is 9.54. The van der Waals surface area contributed by atoms with E-state index < -0.39 is 0 Å². The Balaban J connectivity index is 1.20. The number of aryl methyl sites for hydroxylation is 1. The highest BCUT2D eigenvalue weighted by molar-refractivity contribution is 5.95. The first kappa shape index (κ1) is 20.7. The van der Waals surface area contributed by atoms with Crippen LogP contribution in [0.3, 0.4) is 0 Å². The van der Waals surface area contributed by atoms with Crippen molar-refractivity contribution in [3.63, 3.8) is 0 Å². The Morgan fingerprint density at radius 3 is 2.61 bits per heavy atom. The Morgan fingerprint density at radius 2 is 1.77 bits per heavy atom. The molecular formula is C27H35N3O. The van der Waals surface area contributed by atoms with Gasteiger partial charge in [-0.25, -0.2) is 0 Å². The van der Waals surface area contributed by atoms with E-state index in [4.69, 9.17) is 0 Å². The zero-order valence-electron chi connectivity index (χ0n) is 18.6. The maximum absolute atomic E-state index is 13.3. The first-order valence-corrected chi connectivity index (χ1v) is 12.2. The van der Waals surface area contributed by atoms with E-state index in [0.717, 1.165) is 57.3 Å². The van der Waals surface area contributed by atoms with Crippen molar-refractivity contribution in [2.45, 2.75) is 63.6 Å². The molecule has 0 bridgehead atoms. The Hall–Kier alpha value is -2.17. The number of rotatable bonds is 6. The first-order valence-electron chi connectivity index (χ1n) is 12.2. The summed E-state index contributed by atoms with van der Waals surface area (Å²) in [5.41, 5.74) is 5.01. The molecule has 1 N–H and O–H groups in total. The number of fused-ring (bicyclic) bond motifs is 1. The van der Waals surface area contributed by atoms with Crippen molar-refractivity contribution in [3.05, 3.63) is 70.8 Å². The summed E-state index contributed by atoms with van der Waals surface area (Å²) in [5, 5.41) is 3.72. The molecule has 2 aromatic rings. The van der Waals surface area contributed by atoms with Gasteiger partial charge in [-0.15, -0.1) is 0 Å². The molecule has 2 saturated heterocycles. The molecule has 2 atom stereocenters. The van der Waals surface area contributed by atoms with Crippen molar-refractivity contribution in [3.8, 4) is 0 Å². The van der Waals surface area contributed by atoms with Crippen molar-refractivity contribution in [1.29, 1.82) is 0 Å². The number of carbonyl (C=O) groups excluding carboxylic acids is 1. The van der Waals surface area contributed by atoms with Gasteiger partial charge in [0, 0.05) is 37.3 Å². The van der Waals surface area contributed by atoms with Crippen LogP contribution in [0.4, 0.5) is 0 Å². The molecule has 1 aliphatic carbocycles. The maximum Gasteiger partial charge on any atom is 0.254 e. The topological polar surface area (TPSA) is 35.6 Å². The molecule has 2 heterocycles. The first-order chi connectivity index (χ1) is 15.3. The van der Waals surface area contributed by atoms with E-state index in [-0.39, 0.29) is 5.91 Å². The minimum atomic E-state index is 0.244. The van der Waals surface area contributed by atoms with E-state index in [1.165, 1.54) is 42.6 Å². The van der Waals surface area contributed by atoms with Crippen molar-refractivity contribution >= 4 is 5.91 Å². The highest BCUT2D eigenvalue weighted by Crippen LogP contribution is 2.26. The van der Waals surface area contributed by atoms with E-state index in [2.05, 4.69) is 63.6 Å². The summed E-state index contributed by atoms with van der Waals surface area (Å²) in [4.78, 5) is 18.0. The Kier molecular flexibility index (Phi) is 6.37. The minimum Gasteiger partial charge on any atom is -0.334 e. The molecule has 0 radical (unpaired) electrons. The quantitative estimate of drug-likeness (QED) is 0.771. The molecule has 3 aliphatic rings. The van der Waals surface area contributed by atoms with Gasteiger partial charge in [0.1, 0.15) is 0 Å². The predicted octanol–water partition coefficient (Wildman–Crippen LogP) is 4.03. The van der Waals surface area contributed by atoms with E-state index in [1.54, 1.807) is 0 Å². The lowest BCUT2D eigenvalue weighted by Gasteiger charge is -2.29. The zero-order chi connectivity index (χ0) is 21.0. The largest absolute Gasteiger partial charge is 0.334 e. The van der Waals surface area contributed by atoms with E-state index in [9.17, 15) is 4.79 Å². The molecule has 0 spiro atoms. The van der Waals surface area contributed by atoms with Crippen LogP contribution < -0.4 is 5.32 Å². The van der Waals surface area contributed by atoms with Crippen LogP contribution in [0.15, 0.2) is 48.5 Å². The van der Waals surface area contributed by atoms with Crippen LogP contribution in [0.1, 0.15) is 59.2 Å². The smallest absolute Gasteiger partial charge is 0.254 e. The van der Waals surface area contributed by atoms with Gasteiger partial charge in [0.15, 0.2) is 0 Å². The zero-order valence-corrected chi connectivity index (χ0v) is 18.6. The van der Waals surface area contributed by atoms with Gasteiger partial charge >= 0.3 is 0 Å². The lowest BCUT2D eigenvalue weighted by molar-refractivity contribution is 0.0708. The fourth-order valence-corrected chi connectivity index (χ4v) is 5.64. The third-order valence-electron chi connectivity index (χ3n) is 7.42. The molecule has 2 aliphatic heterocycles. The second-order valence-corrected chi connectivity index (χ2v) is 9.59. The molecule has 0 aromatic heterocycles. The third kappa shape index (κ3) is 4.86. The number of carbonyl (C=O) groups is 1. The molecule has 2 fully saturated rings. The summed E-state index contributed by atoms with van der Waals surface area (Å²) in [6.45, 7) is 5.31. The van der Waals surface area contributed by atoms with Crippen LogP contribution in [0.5, 0.6) is 0 Å². The highest BCUT2D eigenvalue weighted by atomic mass is 16.2. The summed E-state index contributed by atoms with van der Waals surface area (Å²) in [5.74, 6) is 0.244. The molecule has 5 rings (SSSR count). The number of likely N-dealkylation sites (tertiary alicyclic amines) is 2. The lowest BCUT2D eigenvalue weighted by Crippen LogP contribution is -2.42. The third-order valence-corrected chi connectivity index (χ3v) is 7.42.